The van der Waals surface area contributed by atoms with Gasteiger partial charge in [0.1, 0.15) is 0 Å². The molecule has 3 aromatic rings. The van der Waals surface area contributed by atoms with E-state index in [0.717, 1.165) is 5.56 Å². The Hall–Kier alpha value is -2.60. The molecule has 0 fully saturated rings. The second kappa shape index (κ2) is 5.80. The molecule has 1 aromatic carbocycles. The molecule has 0 bridgehead atoms. The topological polar surface area (TPSA) is 82.5 Å². The van der Waals surface area contributed by atoms with Gasteiger partial charge in [-0.3, -0.25) is 0 Å². The molecule has 0 aliphatic rings. The molecule has 21 heavy (non-hydrogen) atoms. The van der Waals surface area contributed by atoms with Gasteiger partial charge in [0, 0.05) is 18.8 Å². The van der Waals surface area contributed by atoms with Crippen LogP contribution in [-0.4, -0.2) is 24.7 Å². The Balaban J connectivity index is 1.97. The quantitative estimate of drug-likeness (QED) is 0.786. The largest absolute Gasteiger partial charge is 0.322 e. The lowest BCUT2D eigenvalue weighted by atomic mass is 10.1. The second-order valence-corrected chi connectivity index (χ2v) is 4.80. The fourth-order valence-electron chi connectivity index (χ4n) is 2.06. The summed E-state index contributed by atoms with van der Waals surface area (Å²) in [6.45, 7) is 1.87. The Labute approximate surface area is 122 Å². The molecule has 0 amide bonds. The van der Waals surface area contributed by atoms with E-state index in [-0.39, 0.29) is 6.04 Å². The first-order valence-electron chi connectivity index (χ1n) is 6.77. The van der Waals surface area contributed by atoms with Crippen molar-refractivity contribution in [3.63, 3.8) is 0 Å². The zero-order valence-corrected chi connectivity index (χ0v) is 11.7. The second-order valence-electron chi connectivity index (χ2n) is 4.80. The van der Waals surface area contributed by atoms with Crippen LogP contribution >= 0.6 is 0 Å². The van der Waals surface area contributed by atoms with Crippen molar-refractivity contribution < 1.29 is 0 Å². The van der Waals surface area contributed by atoms with Gasteiger partial charge in [0.2, 0.25) is 0 Å². The van der Waals surface area contributed by atoms with Crippen molar-refractivity contribution in [2.24, 2.45) is 5.73 Å². The van der Waals surface area contributed by atoms with Crippen molar-refractivity contribution in [2.75, 3.05) is 0 Å². The fraction of sp³-hybridized carbons (Fsp3) is 0.200. The predicted molar refractivity (Wildman–Crippen MR) is 78.8 cm³/mol. The van der Waals surface area contributed by atoms with Crippen molar-refractivity contribution in [3.05, 3.63) is 66.0 Å². The Morgan fingerprint density at radius 2 is 1.81 bits per heavy atom. The van der Waals surface area contributed by atoms with Crippen LogP contribution in [0.2, 0.25) is 0 Å². The molecule has 3 rings (SSSR count). The van der Waals surface area contributed by atoms with Crippen LogP contribution in [0.3, 0.4) is 0 Å². The minimum atomic E-state index is -0.245. The molecule has 0 saturated heterocycles. The average Bonchev–Trinajstić information content (AvgIpc) is 2.93. The fourth-order valence-corrected chi connectivity index (χ4v) is 2.06. The lowest BCUT2D eigenvalue weighted by Crippen LogP contribution is -2.14. The molecule has 1 unspecified atom stereocenters. The Morgan fingerprint density at radius 3 is 2.48 bits per heavy atom. The standard InChI is InChI=1S/C15H16N6/c1-11(16)14-19-13(10-12-6-3-2-4-7-12)20-21(14)15-17-8-5-9-18-15/h2-9,11H,10,16H2,1H3. The van der Waals surface area contributed by atoms with E-state index in [2.05, 4.69) is 20.1 Å². The molecule has 0 aliphatic carbocycles. The van der Waals surface area contributed by atoms with E-state index in [4.69, 9.17) is 5.73 Å². The zero-order valence-electron chi connectivity index (χ0n) is 11.7. The molecule has 0 spiro atoms. The van der Waals surface area contributed by atoms with E-state index in [0.29, 0.717) is 24.0 Å². The van der Waals surface area contributed by atoms with Gasteiger partial charge < -0.3 is 5.73 Å². The van der Waals surface area contributed by atoms with E-state index in [1.807, 2.05) is 37.3 Å². The highest BCUT2D eigenvalue weighted by atomic mass is 15.4. The normalized spacial score (nSPS) is 12.3. The van der Waals surface area contributed by atoms with Crippen molar-refractivity contribution in [3.8, 4) is 5.95 Å². The summed E-state index contributed by atoms with van der Waals surface area (Å²) in [7, 11) is 0. The first-order valence-corrected chi connectivity index (χ1v) is 6.77. The van der Waals surface area contributed by atoms with Crippen LogP contribution in [0.25, 0.3) is 5.95 Å². The van der Waals surface area contributed by atoms with Crippen molar-refractivity contribution in [2.45, 2.75) is 19.4 Å². The highest BCUT2D eigenvalue weighted by Crippen LogP contribution is 2.13. The molecule has 2 heterocycles. The summed E-state index contributed by atoms with van der Waals surface area (Å²) in [5.74, 6) is 1.85. The predicted octanol–water partition coefficient (Wildman–Crippen LogP) is 1.67. The molecule has 0 saturated carbocycles. The summed E-state index contributed by atoms with van der Waals surface area (Å²) in [4.78, 5) is 12.9. The van der Waals surface area contributed by atoms with E-state index < -0.39 is 0 Å². The van der Waals surface area contributed by atoms with Crippen LogP contribution in [0.4, 0.5) is 0 Å². The lowest BCUT2D eigenvalue weighted by Gasteiger charge is -2.05. The molecular weight excluding hydrogens is 264 g/mol. The maximum atomic E-state index is 5.98. The molecule has 6 nitrogen and oxygen atoms in total. The third kappa shape index (κ3) is 2.95. The molecule has 106 valence electrons. The lowest BCUT2D eigenvalue weighted by molar-refractivity contribution is 0.668. The third-order valence-electron chi connectivity index (χ3n) is 3.03. The summed E-state index contributed by atoms with van der Waals surface area (Å²) in [5.41, 5.74) is 7.13. The highest BCUT2D eigenvalue weighted by Gasteiger charge is 2.16. The van der Waals surface area contributed by atoms with Gasteiger partial charge in [0.15, 0.2) is 11.6 Å². The molecule has 2 N–H and O–H groups in total. The number of rotatable bonds is 4. The summed E-state index contributed by atoms with van der Waals surface area (Å²) in [5, 5.41) is 4.50. The van der Waals surface area contributed by atoms with E-state index in [1.165, 1.54) is 0 Å². The number of nitrogens with two attached hydrogens (primary N) is 1. The van der Waals surface area contributed by atoms with Gasteiger partial charge in [0.25, 0.3) is 5.95 Å². The maximum Gasteiger partial charge on any atom is 0.252 e. The number of hydrogen-bond donors (Lipinski definition) is 1. The van der Waals surface area contributed by atoms with Crippen LogP contribution in [0.5, 0.6) is 0 Å². The summed E-state index contributed by atoms with van der Waals surface area (Å²) >= 11 is 0. The van der Waals surface area contributed by atoms with Crippen molar-refractivity contribution in [1.29, 1.82) is 0 Å². The van der Waals surface area contributed by atoms with Gasteiger partial charge in [0.05, 0.1) is 6.04 Å². The smallest absolute Gasteiger partial charge is 0.252 e. The van der Waals surface area contributed by atoms with E-state index >= 15 is 0 Å². The van der Waals surface area contributed by atoms with Crippen LogP contribution in [0.15, 0.2) is 48.8 Å². The van der Waals surface area contributed by atoms with E-state index in [9.17, 15) is 0 Å². The summed E-state index contributed by atoms with van der Waals surface area (Å²) < 4.78 is 1.61. The van der Waals surface area contributed by atoms with Gasteiger partial charge in [-0.05, 0) is 18.6 Å². The molecule has 2 aromatic heterocycles. The van der Waals surface area contributed by atoms with Gasteiger partial charge in [-0.15, -0.1) is 5.10 Å². The molecule has 6 heteroatoms. The zero-order chi connectivity index (χ0) is 14.7. The van der Waals surface area contributed by atoms with E-state index in [1.54, 1.807) is 23.1 Å². The van der Waals surface area contributed by atoms with Crippen LogP contribution in [0, 0.1) is 0 Å². The van der Waals surface area contributed by atoms with Crippen molar-refractivity contribution in [1.82, 2.24) is 24.7 Å². The van der Waals surface area contributed by atoms with Gasteiger partial charge in [-0.1, -0.05) is 30.3 Å². The Morgan fingerprint density at radius 1 is 1.10 bits per heavy atom. The Bertz CT molecular complexity index is 706. The minimum absolute atomic E-state index is 0.245. The monoisotopic (exact) mass is 280 g/mol. The van der Waals surface area contributed by atoms with Gasteiger partial charge in [-0.2, -0.15) is 4.68 Å². The SMILES string of the molecule is CC(N)c1nc(Cc2ccccc2)nn1-c1ncccn1. The van der Waals surface area contributed by atoms with Crippen LogP contribution < -0.4 is 5.73 Å². The maximum absolute atomic E-state index is 5.98. The molecule has 0 radical (unpaired) electrons. The molecular formula is C15H16N6. The number of nitrogens with zero attached hydrogens (tertiary/aromatic N) is 5. The Kier molecular flexibility index (Phi) is 3.70. The van der Waals surface area contributed by atoms with Gasteiger partial charge >= 0.3 is 0 Å². The first-order chi connectivity index (χ1) is 10.2. The first kappa shape index (κ1) is 13.4. The molecule has 0 aliphatic heterocycles. The van der Waals surface area contributed by atoms with Crippen LogP contribution in [0.1, 0.15) is 30.2 Å². The number of aromatic nitrogens is 5. The summed E-state index contributed by atoms with van der Waals surface area (Å²) in [6, 6.07) is 11.6. The summed E-state index contributed by atoms with van der Waals surface area (Å²) in [6.07, 6.45) is 4.00. The number of hydrogen-bond acceptors (Lipinski definition) is 5. The number of benzene rings is 1. The van der Waals surface area contributed by atoms with Crippen LogP contribution in [-0.2, 0) is 6.42 Å². The third-order valence-corrected chi connectivity index (χ3v) is 3.03. The van der Waals surface area contributed by atoms with Crippen molar-refractivity contribution >= 4 is 0 Å². The molecule has 1 atom stereocenters. The average molecular weight is 280 g/mol. The highest BCUT2D eigenvalue weighted by molar-refractivity contribution is 5.20. The minimum Gasteiger partial charge on any atom is -0.322 e. The van der Waals surface area contributed by atoms with Gasteiger partial charge in [-0.25, -0.2) is 15.0 Å².